The van der Waals surface area contributed by atoms with E-state index in [-0.39, 0.29) is 5.92 Å². The van der Waals surface area contributed by atoms with E-state index in [0.717, 1.165) is 45.1 Å². The van der Waals surface area contributed by atoms with E-state index in [0.29, 0.717) is 23.2 Å². The molecule has 0 saturated heterocycles. The molecular formula is C31H27N7O2. The minimum absolute atomic E-state index is 0.295. The fourth-order valence-electron chi connectivity index (χ4n) is 5.37. The maximum Gasteiger partial charge on any atom is 0.230 e. The third kappa shape index (κ3) is 3.70. The van der Waals surface area contributed by atoms with Gasteiger partial charge < -0.3 is 14.4 Å². The number of hydrogen-bond donors (Lipinski definition) is 0. The van der Waals surface area contributed by atoms with E-state index in [1.165, 1.54) is 0 Å². The summed E-state index contributed by atoms with van der Waals surface area (Å²) in [6.07, 6.45) is 1.65. The first kappa shape index (κ1) is 23.9. The van der Waals surface area contributed by atoms with Crippen molar-refractivity contribution in [1.29, 1.82) is 0 Å². The van der Waals surface area contributed by atoms with Crippen molar-refractivity contribution >= 4 is 11.3 Å². The van der Waals surface area contributed by atoms with Crippen LogP contribution in [0.3, 0.4) is 0 Å². The van der Waals surface area contributed by atoms with E-state index >= 15 is 0 Å². The van der Waals surface area contributed by atoms with Gasteiger partial charge in [0, 0.05) is 30.9 Å². The molecule has 1 atom stereocenters. The molecule has 0 amide bonds. The number of aromatic nitrogens is 6. The summed E-state index contributed by atoms with van der Waals surface area (Å²) in [5.41, 5.74) is 7.18. The molecule has 9 heteroatoms. The average molecular weight is 530 g/mol. The minimum Gasteiger partial charge on any atom is -0.496 e. The molecule has 0 saturated carbocycles. The second kappa shape index (κ2) is 9.23. The van der Waals surface area contributed by atoms with Crippen LogP contribution in [0.25, 0.3) is 22.7 Å². The van der Waals surface area contributed by atoms with Gasteiger partial charge in [-0.25, -0.2) is 19.2 Å². The molecule has 198 valence electrons. The van der Waals surface area contributed by atoms with E-state index in [4.69, 9.17) is 29.6 Å². The predicted octanol–water partition coefficient (Wildman–Crippen LogP) is 5.65. The van der Waals surface area contributed by atoms with Crippen molar-refractivity contribution in [2.24, 2.45) is 0 Å². The summed E-state index contributed by atoms with van der Waals surface area (Å²) in [4.78, 5) is 11.8. The van der Waals surface area contributed by atoms with Crippen molar-refractivity contribution in [2.45, 2.75) is 12.8 Å². The Hall–Kier alpha value is -5.18. The Morgan fingerprint density at radius 1 is 0.875 bits per heavy atom. The first-order valence-corrected chi connectivity index (χ1v) is 13.0. The maximum absolute atomic E-state index is 6.54. The average Bonchev–Trinajstić information content (AvgIpc) is 3.58. The summed E-state index contributed by atoms with van der Waals surface area (Å²) in [6.45, 7) is 2.00. The Morgan fingerprint density at radius 3 is 2.38 bits per heavy atom. The number of para-hydroxylation sites is 2. The molecule has 9 nitrogen and oxygen atoms in total. The highest BCUT2D eigenvalue weighted by Crippen LogP contribution is 2.51. The highest BCUT2D eigenvalue weighted by atomic mass is 16.5. The van der Waals surface area contributed by atoms with Gasteiger partial charge in [-0.15, -0.1) is 5.10 Å². The molecular weight excluding hydrogens is 502 g/mol. The fraction of sp³-hybridized carbons (Fsp3) is 0.161. The molecule has 6 aromatic rings. The molecule has 1 aliphatic rings. The lowest BCUT2D eigenvalue weighted by Crippen LogP contribution is -2.16. The van der Waals surface area contributed by atoms with E-state index in [1.54, 1.807) is 18.0 Å². The van der Waals surface area contributed by atoms with Crippen LogP contribution in [0.4, 0.5) is 5.69 Å². The zero-order valence-corrected chi connectivity index (χ0v) is 22.6. The van der Waals surface area contributed by atoms with Crippen LogP contribution in [0.5, 0.6) is 17.5 Å². The van der Waals surface area contributed by atoms with Gasteiger partial charge in [-0.2, -0.15) is 5.10 Å². The molecule has 0 radical (unpaired) electrons. The minimum atomic E-state index is -0.295. The number of anilines is 1. The fourth-order valence-corrected chi connectivity index (χ4v) is 5.37. The molecule has 0 bridgehead atoms. The van der Waals surface area contributed by atoms with Crippen molar-refractivity contribution in [3.8, 4) is 34.6 Å². The van der Waals surface area contributed by atoms with Crippen LogP contribution >= 0.6 is 0 Å². The summed E-state index contributed by atoms with van der Waals surface area (Å²) in [5.74, 6) is 2.18. The third-order valence-corrected chi connectivity index (χ3v) is 7.31. The molecule has 1 aliphatic heterocycles. The van der Waals surface area contributed by atoms with Gasteiger partial charge in [-0.05, 0) is 49.4 Å². The van der Waals surface area contributed by atoms with Crippen LogP contribution in [0.15, 0.2) is 85.2 Å². The second-order valence-corrected chi connectivity index (χ2v) is 9.94. The lowest BCUT2D eigenvalue weighted by Gasteiger charge is -2.27. The van der Waals surface area contributed by atoms with Crippen LogP contribution in [-0.4, -0.2) is 50.6 Å². The van der Waals surface area contributed by atoms with Crippen molar-refractivity contribution in [3.05, 3.63) is 108 Å². The summed E-state index contributed by atoms with van der Waals surface area (Å²) in [5, 5.41) is 9.70. The Morgan fingerprint density at radius 2 is 1.62 bits per heavy atom. The van der Waals surface area contributed by atoms with Gasteiger partial charge in [0.25, 0.3) is 0 Å². The largest absolute Gasteiger partial charge is 0.496 e. The number of ether oxygens (including phenoxy) is 2. The molecule has 3 aromatic carbocycles. The Kier molecular flexibility index (Phi) is 5.52. The zero-order chi connectivity index (χ0) is 27.4. The molecule has 0 N–H and O–H groups in total. The summed E-state index contributed by atoms with van der Waals surface area (Å²) in [7, 11) is 5.72. The monoisotopic (exact) mass is 529 g/mol. The molecule has 3 aromatic heterocycles. The lowest BCUT2D eigenvalue weighted by atomic mass is 9.84. The maximum atomic E-state index is 6.54. The van der Waals surface area contributed by atoms with Crippen molar-refractivity contribution in [3.63, 3.8) is 0 Å². The van der Waals surface area contributed by atoms with Gasteiger partial charge in [-0.3, -0.25) is 0 Å². The van der Waals surface area contributed by atoms with Gasteiger partial charge in [0.15, 0.2) is 11.5 Å². The lowest BCUT2D eigenvalue weighted by molar-refractivity contribution is 0.393. The summed E-state index contributed by atoms with van der Waals surface area (Å²) < 4.78 is 15.9. The number of aryl methyl sites for hydroxylation is 1. The number of methoxy groups -OCH3 is 1. The number of benzene rings is 3. The van der Waals surface area contributed by atoms with Gasteiger partial charge >= 0.3 is 0 Å². The normalized spacial score (nSPS) is 13.9. The van der Waals surface area contributed by atoms with E-state index in [9.17, 15) is 0 Å². The highest BCUT2D eigenvalue weighted by Gasteiger charge is 2.39. The molecule has 0 fully saturated rings. The van der Waals surface area contributed by atoms with Crippen LogP contribution in [0.2, 0.25) is 0 Å². The van der Waals surface area contributed by atoms with Crippen LogP contribution in [-0.2, 0) is 0 Å². The van der Waals surface area contributed by atoms with Crippen LogP contribution < -0.4 is 14.4 Å². The van der Waals surface area contributed by atoms with Gasteiger partial charge in [0.05, 0.1) is 35.5 Å². The number of fused-ring (bicyclic) bond motifs is 4. The SMILES string of the molecule is COc1ccccc1C1c2c(C)nn(-c3ccccc3)c2Oc2ncn3nc(-c4ccc(N(C)C)cc4)nc3c21. The number of nitrogens with zero attached hydrogens (tertiary/aromatic N) is 7. The van der Waals surface area contributed by atoms with Crippen molar-refractivity contribution in [2.75, 3.05) is 26.1 Å². The summed E-state index contributed by atoms with van der Waals surface area (Å²) >= 11 is 0. The first-order valence-electron chi connectivity index (χ1n) is 13.0. The topological polar surface area (TPSA) is 82.6 Å². The van der Waals surface area contributed by atoms with Gasteiger partial charge in [0.1, 0.15) is 12.1 Å². The first-order chi connectivity index (χ1) is 19.5. The van der Waals surface area contributed by atoms with Crippen molar-refractivity contribution < 1.29 is 9.47 Å². The summed E-state index contributed by atoms with van der Waals surface area (Å²) in [6, 6.07) is 26.2. The Bertz CT molecular complexity index is 1860. The Balaban J connectivity index is 1.47. The molecule has 1 unspecified atom stereocenters. The number of rotatable bonds is 5. The van der Waals surface area contributed by atoms with E-state index in [1.807, 2.05) is 86.4 Å². The zero-order valence-electron chi connectivity index (χ0n) is 22.6. The van der Waals surface area contributed by atoms with Gasteiger partial charge in [-0.1, -0.05) is 36.4 Å². The van der Waals surface area contributed by atoms with Crippen molar-refractivity contribution in [1.82, 2.24) is 29.4 Å². The number of hydrogen-bond acceptors (Lipinski definition) is 7. The Labute approximate surface area is 231 Å². The molecule has 0 spiro atoms. The van der Waals surface area contributed by atoms with Gasteiger partial charge in [0.2, 0.25) is 11.8 Å². The van der Waals surface area contributed by atoms with Crippen LogP contribution in [0, 0.1) is 6.92 Å². The molecule has 40 heavy (non-hydrogen) atoms. The predicted molar refractivity (Wildman–Crippen MR) is 153 cm³/mol. The van der Waals surface area contributed by atoms with E-state index in [2.05, 4.69) is 23.1 Å². The highest BCUT2D eigenvalue weighted by molar-refractivity contribution is 5.70. The quantitative estimate of drug-likeness (QED) is 0.285. The molecule has 0 aliphatic carbocycles. The smallest absolute Gasteiger partial charge is 0.230 e. The molecule has 4 heterocycles. The second-order valence-electron chi connectivity index (χ2n) is 9.94. The van der Waals surface area contributed by atoms with Crippen LogP contribution in [0.1, 0.15) is 28.3 Å². The third-order valence-electron chi connectivity index (χ3n) is 7.31. The van der Waals surface area contributed by atoms with E-state index < -0.39 is 0 Å². The standard InChI is InChI=1S/C31H27N7O2/c1-19-25-26(23-12-8-9-13-24(23)39-4)27-29-33-28(20-14-16-21(17-15-20)36(2)3)35-37(29)18-32-30(27)40-31(25)38(34-19)22-10-6-5-7-11-22/h5-18,26H,1-4H3. The molecule has 7 rings (SSSR count).